The molecule has 0 atom stereocenters. The van der Waals surface area contributed by atoms with Gasteiger partial charge in [0.2, 0.25) is 0 Å². The maximum Gasteiger partial charge on any atom is 0.0994 e. The van der Waals surface area contributed by atoms with Gasteiger partial charge in [-0.1, -0.05) is 19.1 Å². The van der Waals surface area contributed by atoms with Gasteiger partial charge in [0, 0.05) is 29.6 Å². The molecular weight excluding hydrogens is 262 g/mol. The molecule has 1 fully saturated rings. The summed E-state index contributed by atoms with van der Waals surface area (Å²) < 4.78 is 2.20. The van der Waals surface area contributed by atoms with E-state index in [1.165, 1.54) is 5.69 Å². The molecule has 2 N–H and O–H groups in total. The van der Waals surface area contributed by atoms with E-state index in [4.69, 9.17) is 5.11 Å². The van der Waals surface area contributed by atoms with Crippen LogP contribution in [0.1, 0.15) is 31.0 Å². The van der Waals surface area contributed by atoms with Crippen LogP contribution in [0.4, 0.5) is 0 Å². The smallest absolute Gasteiger partial charge is 0.0994 e. The zero-order valence-electron chi connectivity index (χ0n) is 12.5. The van der Waals surface area contributed by atoms with E-state index in [0.29, 0.717) is 6.42 Å². The lowest BCUT2D eigenvalue weighted by Gasteiger charge is -2.34. The summed E-state index contributed by atoms with van der Waals surface area (Å²) in [4.78, 5) is 4.38. The maximum absolute atomic E-state index is 9.00. The van der Waals surface area contributed by atoms with Crippen LogP contribution >= 0.6 is 0 Å². The molecule has 1 aromatic heterocycles. The standard InChI is InChI=1S/C17H23N3O/c1-17(7-9-18-10-8-17)16-12-19-13-20(16)15-4-2-14(3-5-15)6-11-21/h2-5,12-13,18,21H,6-11H2,1H3. The number of piperidine rings is 1. The zero-order chi connectivity index (χ0) is 14.7. The van der Waals surface area contributed by atoms with Crippen LogP contribution in [-0.2, 0) is 11.8 Å². The highest BCUT2D eigenvalue weighted by Crippen LogP contribution is 2.33. The number of aliphatic hydroxyl groups is 1. The first-order valence-electron chi connectivity index (χ1n) is 7.67. The molecule has 1 aromatic carbocycles. The molecule has 4 heteroatoms. The number of hydrogen-bond acceptors (Lipinski definition) is 3. The molecule has 0 spiro atoms. The average Bonchev–Trinajstić information content (AvgIpc) is 2.99. The van der Waals surface area contributed by atoms with Gasteiger partial charge in [0.1, 0.15) is 0 Å². The normalized spacial score (nSPS) is 17.8. The first kappa shape index (κ1) is 14.3. The van der Waals surface area contributed by atoms with Gasteiger partial charge in [-0.2, -0.15) is 0 Å². The second-order valence-corrected chi connectivity index (χ2v) is 6.10. The summed E-state index contributed by atoms with van der Waals surface area (Å²) >= 11 is 0. The van der Waals surface area contributed by atoms with Crippen molar-refractivity contribution in [2.24, 2.45) is 0 Å². The minimum atomic E-state index is 0.186. The third-order valence-corrected chi connectivity index (χ3v) is 4.58. The molecule has 0 bridgehead atoms. The Bertz CT molecular complexity index is 582. The molecule has 0 saturated carbocycles. The number of nitrogens with zero attached hydrogens (tertiary/aromatic N) is 2. The molecule has 4 nitrogen and oxygen atoms in total. The van der Waals surface area contributed by atoms with E-state index >= 15 is 0 Å². The predicted molar refractivity (Wildman–Crippen MR) is 83.8 cm³/mol. The van der Waals surface area contributed by atoms with Crippen LogP contribution in [0.25, 0.3) is 5.69 Å². The molecule has 1 aliphatic rings. The number of aliphatic hydroxyl groups excluding tert-OH is 1. The number of aromatic nitrogens is 2. The zero-order valence-corrected chi connectivity index (χ0v) is 12.5. The van der Waals surface area contributed by atoms with Crippen molar-refractivity contribution in [3.05, 3.63) is 48.0 Å². The monoisotopic (exact) mass is 285 g/mol. The Kier molecular flexibility index (Phi) is 4.08. The van der Waals surface area contributed by atoms with Gasteiger partial charge < -0.3 is 15.0 Å². The Morgan fingerprint density at radius 1 is 1.24 bits per heavy atom. The van der Waals surface area contributed by atoms with E-state index in [0.717, 1.165) is 37.2 Å². The molecule has 112 valence electrons. The minimum absolute atomic E-state index is 0.186. The first-order valence-corrected chi connectivity index (χ1v) is 7.67. The van der Waals surface area contributed by atoms with Crippen LogP contribution < -0.4 is 5.32 Å². The summed E-state index contributed by atoms with van der Waals surface area (Å²) in [7, 11) is 0. The largest absolute Gasteiger partial charge is 0.396 e. The van der Waals surface area contributed by atoms with Gasteiger partial charge in [-0.05, 0) is 50.0 Å². The average molecular weight is 285 g/mol. The van der Waals surface area contributed by atoms with E-state index < -0.39 is 0 Å². The molecule has 1 saturated heterocycles. The van der Waals surface area contributed by atoms with Gasteiger partial charge in [-0.25, -0.2) is 4.98 Å². The topological polar surface area (TPSA) is 50.1 Å². The predicted octanol–water partition coefficient (Wildman–Crippen LogP) is 2.05. The Morgan fingerprint density at radius 3 is 2.62 bits per heavy atom. The summed E-state index contributed by atoms with van der Waals surface area (Å²) in [5, 5.41) is 12.4. The second-order valence-electron chi connectivity index (χ2n) is 6.10. The Balaban J connectivity index is 1.91. The Labute approximate surface area is 125 Å². The summed E-state index contributed by atoms with van der Waals surface area (Å²) in [5.41, 5.74) is 3.78. The van der Waals surface area contributed by atoms with E-state index in [2.05, 4.69) is 46.1 Å². The maximum atomic E-state index is 9.00. The lowest BCUT2D eigenvalue weighted by atomic mass is 9.78. The van der Waals surface area contributed by atoms with Gasteiger partial charge in [0.05, 0.1) is 6.33 Å². The van der Waals surface area contributed by atoms with Crippen molar-refractivity contribution in [1.82, 2.24) is 14.9 Å². The second kappa shape index (κ2) is 6.00. The van der Waals surface area contributed by atoms with Crippen molar-refractivity contribution in [3.63, 3.8) is 0 Å². The molecule has 2 aromatic rings. The quantitative estimate of drug-likeness (QED) is 0.904. The van der Waals surface area contributed by atoms with E-state index in [1.807, 2.05) is 12.5 Å². The Hall–Kier alpha value is -1.65. The van der Waals surface area contributed by atoms with Crippen LogP contribution in [0.15, 0.2) is 36.8 Å². The number of nitrogens with one attached hydrogen (secondary N) is 1. The highest BCUT2D eigenvalue weighted by atomic mass is 16.2. The number of hydrogen-bond donors (Lipinski definition) is 2. The highest BCUT2D eigenvalue weighted by Gasteiger charge is 2.31. The van der Waals surface area contributed by atoms with Crippen molar-refractivity contribution in [2.45, 2.75) is 31.6 Å². The van der Waals surface area contributed by atoms with Gasteiger partial charge in [0.15, 0.2) is 0 Å². The van der Waals surface area contributed by atoms with E-state index in [-0.39, 0.29) is 12.0 Å². The molecule has 21 heavy (non-hydrogen) atoms. The lowest BCUT2D eigenvalue weighted by molar-refractivity contribution is 0.299. The highest BCUT2D eigenvalue weighted by molar-refractivity contribution is 5.38. The third-order valence-electron chi connectivity index (χ3n) is 4.58. The minimum Gasteiger partial charge on any atom is -0.396 e. The SMILES string of the molecule is CC1(c2cncn2-c2ccc(CCO)cc2)CCNCC1. The van der Waals surface area contributed by atoms with Crippen LogP contribution in [0.3, 0.4) is 0 Å². The number of imidazole rings is 1. The molecule has 1 aliphatic heterocycles. The summed E-state index contributed by atoms with van der Waals surface area (Å²) in [6.07, 6.45) is 6.90. The fraction of sp³-hybridized carbons (Fsp3) is 0.471. The van der Waals surface area contributed by atoms with Crippen molar-refractivity contribution in [2.75, 3.05) is 19.7 Å². The van der Waals surface area contributed by atoms with Crippen LogP contribution in [-0.4, -0.2) is 34.4 Å². The van der Waals surface area contributed by atoms with Crippen molar-refractivity contribution in [1.29, 1.82) is 0 Å². The Morgan fingerprint density at radius 2 is 1.95 bits per heavy atom. The third kappa shape index (κ3) is 2.87. The van der Waals surface area contributed by atoms with Crippen molar-refractivity contribution >= 4 is 0 Å². The molecule has 0 aliphatic carbocycles. The van der Waals surface area contributed by atoms with Crippen LogP contribution in [0, 0.1) is 0 Å². The van der Waals surface area contributed by atoms with E-state index in [1.54, 1.807) is 0 Å². The first-order chi connectivity index (χ1) is 10.2. The molecular formula is C17H23N3O. The fourth-order valence-electron chi connectivity index (χ4n) is 3.13. The van der Waals surface area contributed by atoms with Crippen LogP contribution in [0.5, 0.6) is 0 Å². The fourth-order valence-corrected chi connectivity index (χ4v) is 3.13. The molecule has 0 radical (unpaired) electrons. The van der Waals surface area contributed by atoms with Crippen molar-refractivity contribution < 1.29 is 5.11 Å². The van der Waals surface area contributed by atoms with Crippen molar-refractivity contribution in [3.8, 4) is 5.69 Å². The van der Waals surface area contributed by atoms with Gasteiger partial charge in [-0.3, -0.25) is 0 Å². The summed E-state index contributed by atoms with van der Waals surface area (Å²) in [6, 6.07) is 8.39. The summed E-state index contributed by atoms with van der Waals surface area (Å²) in [5.74, 6) is 0. The van der Waals surface area contributed by atoms with E-state index in [9.17, 15) is 0 Å². The van der Waals surface area contributed by atoms with Gasteiger partial charge in [0.25, 0.3) is 0 Å². The van der Waals surface area contributed by atoms with Gasteiger partial charge >= 0.3 is 0 Å². The molecule has 2 heterocycles. The van der Waals surface area contributed by atoms with Crippen LogP contribution in [0.2, 0.25) is 0 Å². The lowest BCUT2D eigenvalue weighted by Crippen LogP contribution is -2.38. The number of benzene rings is 1. The number of rotatable bonds is 4. The molecule has 0 unspecified atom stereocenters. The van der Waals surface area contributed by atoms with Gasteiger partial charge in [-0.15, -0.1) is 0 Å². The summed E-state index contributed by atoms with van der Waals surface area (Å²) in [6.45, 7) is 4.66. The molecule has 3 rings (SSSR count). The molecule has 0 amide bonds.